The highest BCUT2D eigenvalue weighted by molar-refractivity contribution is 6.37. The van der Waals surface area contributed by atoms with E-state index in [2.05, 4.69) is 0 Å². The second-order valence-electron chi connectivity index (χ2n) is 7.80. The highest BCUT2D eigenvalue weighted by Gasteiger charge is 2.26. The van der Waals surface area contributed by atoms with E-state index in [1.165, 1.54) is 6.92 Å². The Balaban J connectivity index is 2.10. The van der Waals surface area contributed by atoms with Gasteiger partial charge in [0.05, 0.1) is 15.9 Å². The molecule has 0 radical (unpaired) electrons. The number of benzene rings is 2. The van der Waals surface area contributed by atoms with Crippen LogP contribution < -0.4 is 9.47 Å². The van der Waals surface area contributed by atoms with Gasteiger partial charge in [0.15, 0.2) is 5.75 Å². The zero-order valence-corrected chi connectivity index (χ0v) is 20.4. The molecule has 0 saturated heterocycles. The number of esters is 1. The fourth-order valence-corrected chi connectivity index (χ4v) is 3.56. The van der Waals surface area contributed by atoms with Crippen LogP contribution in [-0.2, 0) is 14.9 Å². The number of rotatable bonds is 11. The second kappa shape index (κ2) is 12.0. The minimum atomic E-state index is -0.911. The third kappa shape index (κ3) is 7.42. The fraction of sp³-hybridized carbons (Fsp3) is 0.435. The smallest absolute Gasteiger partial charge is 0.302 e. The van der Waals surface area contributed by atoms with E-state index in [4.69, 9.17) is 49.0 Å². The number of ether oxygens (including phenoxy) is 3. The summed E-state index contributed by atoms with van der Waals surface area (Å²) in [6.45, 7) is 5.22. The van der Waals surface area contributed by atoms with Crippen LogP contribution in [0.5, 0.6) is 11.5 Å². The Morgan fingerprint density at radius 3 is 2.03 bits per heavy atom. The zero-order valence-electron chi connectivity index (χ0n) is 18.1. The number of hydrogen-bond donors (Lipinski definition) is 2. The lowest BCUT2D eigenvalue weighted by Gasteiger charge is -2.27. The van der Waals surface area contributed by atoms with Gasteiger partial charge in [0.2, 0.25) is 0 Å². The molecule has 0 bridgehead atoms. The van der Waals surface area contributed by atoms with Crippen LogP contribution in [0.3, 0.4) is 0 Å². The molecule has 32 heavy (non-hydrogen) atoms. The highest BCUT2D eigenvalue weighted by atomic mass is 35.5. The first-order valence-electron chi connectivity index (χ1n) is 9.95. The molecule has 176 valence electrons. The third-order valence-electron chi connectivity index (χ3n) is 4.82. The first kappa shape index (κ1) is 26.6. The molecule has 2 aromatic carbocycles. The minimum Gasteiger partial charge on any atom is -0.491 e. The molecule has 0 fully saturated rings. The number of carbonyl (C=O) groups excluding carboxylic acids is 1. The van der Waals surface area contributed by atoms with E-state index in [1.807, 2.05) is 26.0 Å². The summed E-state index contributed by atoms with van der Waals surface area (Å²) < 4.78 is 15.8. The van der Waals surface area contributed by atoms with Gasteiger partial charge in [-0.15, -0.1) is 11.6 Å². The van der Waals surface area contributed by atoms with E-state index < -0.39 is 23.6 Å². The summed E-state index contributed by atoms with van der Waals surface area (Å²) in [5.41, 5.74) is 1.43. The van der Waals surface area contributed by atoms with Gasteiger partial charge in [-0.05, 0) is 35.4 Å². The van der Waals surface area contributed by atoms with Crippen molar-refractivity contribution in [3.8, 4) is 11.5 Å². The van der Waals surface area contributed by atoms with E-state index in [9.17, 15) is 15.0 Å². The van der Waals surface area contributed by atoms with Crippen molar-refractivity contribution in [1.82, 2.24) is 0 Å². The molecular weight excluding hydrogens is 479 g/mol. The topological polar surface area (TPSA) is 85.2 Å². The van der Waals surface area contributed by atoms with Gasteiger partial charge >= 0.3 is 5.97 Å². The van der Waals surface area contributed by atoms with E-state index in [1.54, 1.807) is 24.3 Å². The zero-order chi connectivity index (χ0) is 23.9. The Labute approximate surface area is 203 Å². The van der Waals surface area contributed by atoms with E-state index in [-0.39, 0.29) is 25.7 Å². The fourth-order valence-electron chi connectivity index (χ4n) is 2.87. The van der Waals surface area contributed by atoms with Gasteiger partial charge in [0.1, 0.15) is 37.8 Å². The van der Waals surface area contributed by atoms with Crippen molar-refractivity contribution in [1.29, 1.82) is 0 Å². The molecule has 0 aliphatic rings. The summed E-state index contributed by atoms with van der Waals surface area (Å²) in [7, 11) is 0. The quantitative estimate of drug-likeness (QED) is 0.343. The normalized spacial score (nSPS) is 13.4. The van der Waals surface area contributed by atoms with Gasteiger partial charge in [-0.3, -0.25) is 4.79 Å². The summed E-state index contributed by atoms with van der Waals surface area (Å²) in [6, 6.07) is 11.0. The standard InChI is InChI=1S/C23H27Cl3O6/c1-14(27)30-12-18(29)13-31-19-6-4-15(5-7-19)23(2,3)16-8-20(25)22(21(26)9-16)32-11-17(28)10-24/h4-9,17-18,28-29H,10-13H2,1-3H3/t17-,18-/m0/s1. The SMILES string of the molecule is CC(=O)OC[C@H](O)COc1ccc(C(C)(C)c2cc(Cl)c(OC[C@@H](O)CCl)c(Cl)c2)cc1. The van der Waals surface area contributed by atoms with Crippen LogP contribution >= 0.6 is 34.8 Å². The molecule has 0 heterocycles. The molecule has 2 rings (SSSR count). The molecule has 0 amide bonds. The molecule has 0 aromatic heterocycles. The summed E-state index contributed by atoms with van der Waals surface area (Å²) >= 11 is 18.4. The maximum absolute atomic E-state index is 10.8. The Morgan fingerprint density at radius 1 is 0.938 bits per heavy atom. The molecule has 2 atom stereocenters. The van der Waals surface area contributed by atoms with Crippen LogP contribution in [-0.4, -0.2) is 54.1 Å². The van der Waals surface area contributed by atoms with Gasteiger partial charge < -0.3 is 24.4 Å². The van der Waals surface area contributed by atoms with Gasteiger partial charge in [0, 0.05) is 12.3 Å². The molecule has 0 spiro atoms. The molecule has 2 aromatic rings. The maximum Gasteiger partial charge on any atom is 0.302 e. The summed E-state index contributed by atoms with van der Waals surface area (Å²) in [5.74, 6) is 0.464. The van der Waals surface area contributed by atoms with Crippen molar-refractivity contribution in [3.05, 3.63) is 57.6 Å². The highest BCUT2D eigenvalue weighted by Crippen LogP contribution is 2.40. The van der Waals surface area contributed by atoms with Crippen LogP contribution in [0, 0.1) is 0 Å². The number of halogens is 3. The lowest BCUT2D eigenvalue weighted by molar-refractivity contribution is -0.144. The van der Waals surface area contributed by atoms with Gasteiger partial charge in [0.25, 0.3) is 0 Å². The number of aliphatic hydroxyl groups is 2. The van der Waals surface area contributed by atoms with E-state index >= 15 is 0 Å². The van der Waals surface area contributed by atoms with Gasteiger partial charge in [-0.25, -0.2) is 0 Å². The predicted molar refractivity (Wildman–Crippen MR) is 125 cm³/mol. The van der Waals surface area contributed by atoms with Gasteiger partial charge in [-0.2, -0.15) is 0 Å². The summed E-state index contributed by atoms with van der Waals surface area (Å²) in [6.07, 6.45) is -1.73. The van der Waals surface area contributed by atoms with Crippen molar-refractivity contribution in [3.63, 3.8) is 0 Å². The molecule has 9 heteroatoms. The first-order valence-corrected chi connectivity index (χ1v) is 11.2. The Bertz CT molecular complexity index is 878. The van der Waals surface area contributed by atoms with Crippen LogP contribution in [0.2, 0.25) is 10.0 Å². The molecule has 2 N–H and O–H groups in total. The minimum absolute atomic E-state index is 0.00110. The summed E-state index contributed by atoms with van der Waals surface area (Å²) in [5, 5.41) is 20.1. The lowest BCUT2D eigenvalue weighted by Crippen LogP contribution is -2.24. The Hall–Kier alpha value is -1.70. The van der Waals surface area contributed by atoms with Crippen molar-refractivity contribution < 1.29 is 29.2 Å². The largest absolute Gasteiger partial charge is 0.491 e. The van der Waals surface area contributed by atoms with Crippen molar-refractivity contribution in [2.45, 2.75) is 38.4 Å². The molecular formula is C23H27Cl3O6. The molecule has 0 aliphatic carbocycles. The Morgan fingerprint density at radius 2 is 1.50 bits per heavy atom. The number of carbonyl (C=O) groups is 1. The third-order valence-corrected chi connectivity index (χ3v) is 5.73. The number of alkyl halides is 1. The Kier molecular flexibility index (Phi) is 9.92. The molecule has 0 saturated carbocycles. The van der Waals surface area contributed by atoms with Crippen LogP contribution in [0.15, 0.2) is 36.4 Å². The molecule has 0 unspecified atom stereocenters. The second-order valence-corrected chi connectivity index (χ2v) is 8.93. The monoisotopic (exact) mass is 504 g/mol. The predicted octanol–water partition coefficient (Wildman–Crippen LogP) is 4.60. The van der Waals surface area contributed by atoms with E-state index in [0.29, 0.717) is 21.5 Å². The van der Waals surface area contributed by atoms with Crippen LogP contribution in [0.4, 0.5) is 0 Å². The number of aliphatic hydroxyl groups excluding tert-OH is 2. The van der Waals surface area contributed by atoms with Crippen LogP contribution in [0.25, 0.3) is 0 Å². The van der Waals surface area contributed by atoms with Gasteiger partial charge in [-0.1, -0.05) is 49.2 Å². The number of hydrogen-bond acceptors (Lipinski definition) is 6. The maximum atomic E-state index is 10.8. The molecule has 6 nitrogen and oxygen atoms in total. The van der Waals surface area contributed by atoms with E-state index in [0.717, 1.165) is 11.1 Å². The van der Waals surface area contributed by atoms with Crippen molar-refractivity contribution >= 4 is 40.8 Å². The van der Waals surface area contributed by atoms with Crippen molar-refractivity contribution in [2.75, 3.05) is 25.7 Å². The lowest BCUT2D eigenvalue weighted by atomic mass is 9.78. The first-order chi connectivity index (χ1) is 15.0. The molecule has 0 aliphatic heterocycles. The van der Waals surface area contributed by atoms with Crippen molar-refractivity contribution in [2.24, 2.45) is 0 Å². The average molecular weight is 506 g/mol. The average Bonchev–Trinajstić information content (AvgIpc) is 2.75. The van der Waals surface area contributed by atoms with Crippen LogP contribution in [0.1, 0.15) is 31.9 Å². The summed E-state index contributed by atoms with van der Waals surface area (Å²) in [4.78, 5) is 10.8.